The lowest BCUT2D eigenvalue weighted by molar-refractivity contribution is -0.116. The van der Waals surface area contributed by atoms with Gasteiger partial charge in [-0.3, -0.25) is 9.78 Å². The molecule has 1 amide bonds. The van der Waals surface area contributed by atoms with E-state index < -0.39 is 5.97 Å². The number of carbonyl (C=O) groups excluding carboxylic acids is 1. The zero-order valence-electron chi connectivity index (χ0n) is 22.6. The first-order valence-corrected chi connectivity index (χ1v) is 13.5. The summed E-state index contributed by atoms with van der Waals surface area (Å²) in [6, 6.07) is 22.1. The molecule has 0 aliphatic carbocycles. The van der Waals surface area contributed by atoms with Gasteiger partial charge in [0.1, 0.15) is 0 Å². The number of aromatic carboxylic acids is 1. The minimum Gasteiger partial charge on any atom is -0.478 e. The van der Waals surface area contributed by atoms with Crippen molar-refractivity contribution in [1.29, 1.82) is 0 Å². The van der Waals surface area contributed by atoms with E-state index in [1.165, 1.54) is 0 Å². The van der Waals surface area contributed by atoms with Crippen LogP contribution in [0.3, 0.4) is 0 Å². The minimum absolute atomic E-state index is 0.0823. The molecular formula is C31H31N5O3S. The quantitative estimate of drug-likeness (QED) is 0.248. The maximum atomic E-state index is 12.9. The van der Waals surface area contributed by atoms with Crippen molar-refractivity contribution in [1.82, 2.24) is 19.8 Å². The third-order valence-electron chi connectivity index (χ3n) is 7.36. The summed E-state index contributed by atoms with van der Waals surface area (Å²) >= 11 is 5.81. The lowest BCUT2D eigenvalue weighted by atomic mass is 9.96. The first kappa shape index (κ1) is 27.1. The lowest BCUT2D eigenvalue weighted by Crippen LogP contribution is -2.33. The number of hydrogen-bond acceptors (Lipinski definition) is 4. The number of carbonyl (C=O) groups is 2. The molecule has 204 valence electrons. The second-order valence-corrected chi connectivity index (χ2v) is 10.3. The summed E-state index contributed by atoms with van der Waals surface area (Å²) < 4.78 is 2.11. The lowest BCUT2D eigenvalue weighted by Gasteiger charge is -2.28. The number of pyridine rings is 1. The molecule has 5 rings (SSSR count). The van der Waals surface area contributed by atoms with Crippen LogP contribution in [-0.4, -0.2) is 43.1 Å². The van der Waals surface area contributed by atoms with Crippen LogP contribution in [0.2, 0.25) is 0 Å². The van der Waals surface area contributed by atoms with Crippen molar-refractivity contribution in [2.45, 2.75) is 39.3 Å². The topological polar surface area (TPSA) is 99.5 Å². The molecular weight excluding hydrogens is 522 g/mol. The SMILES string of the molecule is Cc1ccccc1NC(=O)CCN1C(=S)N[C@H](c2ccccn2)[C@@H]1c1cc(C)n(-c2ccc(C(=O)O)cc2)c1C. The van der Waals surface area contributed by atoms with Crippen LogP contribution in [0.15, 0.2) is 79.0 Å². The maximum absolute atomic E-state index is 12.9. The zero-order chi connectivity index (χ0) is 28.4. The molecule has 3 heterocycles. The number of benzene rings is 2. The molecule has 40 heavy (non-hydrogen) atoms. The van der Waals surface area contributed by atoms with Crippen LogP contribution >= 0.6 is 12.2 Å². The van der Waals surface area contributed by atoms with Gasteiger partial charge in [-0.1, -0.05) is 24.3 Å². The van der Waals surface area contributed by atoms with E-state index in [2.05, 4.69) is 31.2 Å². The fraction of sp³-hybridized carbons (Fsp3) is 0.226. The van der Waals surface area contributed by atoms with Gasteiger partial charge in [0.05, 0.1) is 23.3 Å². The first-order chi connectivity index (χ1) is 19.2. The molecule has 0 saturated carbocycles. The molecule has 4 aromatic rings. The molecule has 2 atom stereocenters. The Labute approximate surface area is 238 Å². The van der Waals surface area contributed by atoms with E-state index in [9.17, 15) is 14.7 Å². The molecule has 2 aromatic carbocycles. The Morgan fingerprint density at radius 2 is 1.75 bits per heavy atom. The Balaban J connectivity index is 1.47. The average Bonchev–Trinajstić information content (AvgIpc) is 3.43. The highest BCUT2D eigenvalue weighted by Crippen LogP contribution is 2.41. The third kappa shape index (κ3) is 5.33. The van der Waals surface area contributed by atoms with Crippen molar-refractivity contribution < 1.29 is 14.7 Å². The fourth-order valence-corrected chi connectivity index (χ4v) is 5.70. The van der Waals surface area contributed by atoms with Crippen LogP contribution in [0.4, 0.5) is 5.69 Å². The summed E-state index contributed by atoms with van der Waals surface area (Å²) in [4.78, 5) is 31.0. The number of nitrogens with one attached hydrogen (secondary N) is 2. The number of amides is 1. The number of aryl methyl sites for hydroxylation is 2. The molecule has 0 radical (unpaired) electrons. The van der Waals surface area contributed by atoms with E-state index in [0.29, 0.717) is 11.7 Å². The molecule has 1 aliphatic heterocycles. The number of rotatable bonds is 8. The smallest absolute Gasteiger partial charge is 0.335 e. The largest absolute Gasteiger partial charge is 0.478 e. The number of hydrogen-bond donors (Lipinski definition) is 3. The highest BCUT2D eigenvalue weighted by molar-refractivity contribution is 7.80. The second kappa shape index (κ2) is 11.3. The van der Waals surface area contributed by atoms with Crippen LogP contribution in [0.5, 0.6) is 0 Å². The van der Waals surface area contributed by atoms with Gasteiger partial charge in [0, 0.05) is 41.9 Å². The Morgan fingerprint density at radius 1 is 1.02 bits per heavy atom. The minimum atomic E-state index is -0.959. The molecule has 0 bridgehead atoms. The van der Waals surface area contributed by atoms with Crippen molar-refractivity contribution in [3.05, 3.63) is 113 Å². The van der Waals surface area contributed by atoms with Crippen LogP contribution in [0.1, 0.15) is 57.1 Å². The predicted molar refractivity (Wildman–Crippen MR) is 159 cm³/mol. The average molecular weight is 554 g/mol. The second-order valence-electron chi connectivity index (χ2n) is 9.95. The number of carboxylic acids is 1. The van der Waals surface area contributed by atoms with Gasteiger partial charge in [0.2, 0.25) is 5.91 Å². The van der Waals surface area contributed by atoms with Crippen molar-refractivity contribution in [3.63, 3.8) is 0 Å². The van der Waals surface area contributed by atoms with Gasteiger partial charge in [0.15, 0.2) is 5.11 Å². The number of thiocarbonyl (C=S) groups is 1. The molecule has 1 fully saturated rings. The Hall–Kier alpha value is -4.50. The van der Waals surface area contributed by atoms with E-state index in [-0.39, 0.29) is 30.0 Å². The van der Waals surface area contributed by atoms with Gasteiger partial charge in [-0.25, -0.2) is 4.79 Å². The van der Waals surface area contributed by atoms with Crippen molar-refractivity contribution in [2.75, 3.05) is 11.9 Å². The highest BCUT2D eigenvalue weighted by atomic mass is 32.1. The summed E-state index contributed by atoms with van der Waals surface area (Å²) in [5.74, 6) is -1.04. The summed E-state index contributed by atoms with van der Waals surface area (Å²) in [5, 5.41) is 16.4. The number of para-hydroxylation sites is 1. The number of nitrogens with zero attached hydrogens (tertiary/aromatic N) is 3. The van der Waals surface area contributed by atoms with Crippen LogP contribution in [0, 0.1) is 20.8 Å². The number of carboxylic acid groups (broad SMARTS) is 1. The molecule has 3 N–H and O–H groups in total. The summed E-state index contributed by atoms with van der Waals surface area (Å²) in [6.45, 7) is 6.47. The van der Waals surface area contributed by atoms with Crippen LogP contribution < -0.4 is 10.6 Å². The molecule has 9 heteroatoms. The maximum Gasteiger partial charge on any atom is 0.335 e. The molecule has 0 spiro atoms. The van der Waals surface area contributed by atoms with Gasteiger partial charge < -0.3 is 25.2 Å². The molecule has 2 aromatic heterocycles. The predicted octanol–water partition coefficient (Wildman–Crippen LogP) is 5.50. The van der Waals surface area contributed by atoms with Crippen molar-refractivity contribution in [3.8, 4) is 5.69 Å². The van der Waals surface area contributed by atoms with Gasteiger partial charge in [0.25, 0.3) is 0 Å². The molecule has 0 unspecified atom stereocenters. The number of anilines is 1. The van der Waals surface area contributed by atoms with Crippen LogP contribution in [0.25, 0.3) is 5.69 Å². The summed E-state index contributed by atoms with van der Waals surface area (Å²) in [6.07, 6.45) is 2.03. The normalized spacial score (nSPS) is 16.6. The van der Waals surface area contributed by atoms with E-state index in [0.717, 1.165) is 39.6 Å². The third-order valence-corrected chi connectivity index (χ3v) is 7.71. The van der Waals surface area contributed by atoms with Gasteiger partial charge in [-0.05, 0) is 92.6 Å². The standard InChI is InChI=1S/C31H31N5O3S/c1-19-8-4-5-9-25(19)33-27(37)15-17-35-29(28(34-31(35)40)26-10-6-7-16-32-26)24-18-20(2)36(21(24)3)23-13-11-22(12-14-23)30(38)39/h4-14,16,18,28-29H,15,17H2,1-3H3,(H,33,37)(H,34,40)(H,38,39)/t28-,29+/m1/s1. The van der Waals surface area contributed by atoms with E-state index in [1.54, 1.807) is 18.3 Å². The van der Waals surface area contributed by atoms with E-state index in [4.69, 9.17) is 12.2 Å². The monoisotopic (exact) mass is 553 g/mol. The van der Waals surface area contributed by atoms with Crippen LogP contribution in [-0.2, 0) is 4.79 Å². The molecule has 8 nitrogen and oxygen atoms in total. The molecule has 1 aliphatic rings. The summed E-state index contributed by atoms with van der Waals surface area (Å²) in [5.41, 5.74) is 6.85. The van der Waals surface area contributed by atoms with E-state index >= 15 is 0 Å². The van der Waals surface area contributed by atoms with Gasteiger partial charge in [-0.2, -0.15) is 0 Å². The van der Waals surface area contributed by atoms with E-state index in [1.807, 2.05) is 75.4 Å². The van der Waals surface area contributed by atoms with Crippen molar-refractivity contribution in [2.24, 2.45) is 0 Å². The fourth-order valence-electron chi connectivity index (χ4n) is 5.37. The van der Waals surface area contributed by atoms with Crippen molar-refractivity contribution >= 4 is 34.9 Å². The Morgan fingerprint density at radius 3 is 2.42 bits per heavy atom. The Bertz CT molecular complexity index is 1570. The highest BCUT2D eigenvalue weighted by Gasteiger charge is 2.41. The molecule has 1 saturated heterocycles. The number of aromatic nitrogens is 2. The first-order valence-electron chi connectivity index (χ1n) is 13.1. The van der Waals surface area contributed by atoms with Gasteiger partial charge in [-0.15, -0.1) is 0 Å². The van der Waals surface area contributed by atoms with Gasteiger partial charge >= 0.3 is 5.97 Å². The Kier molecular flexibility index (Phi) is 7.66. The zero-order valence-corrected chi connectivity index (χ0v) is 23.4. The summed E-state index contributed by atoms with van der Waals surface area (Å²) in [7, 11) is 0.